The Balaban J connectivity index is 2.21. The monoisotopic (exact) mass is 230 g/mol. The molecule has 88 valence electrons. The van der Waals surface area contributed by atoms with E-state index in [1.807, 2.05) is 13.0 Å². The number of amides is 1. The highest BCUT2D eigenvalue weighted by Gasteiger charge is 2.10. The van der Waals surface area contributed by atoms with E-state index in [0.717, 1.165) is 5.56 Å². The van der Waals surface area contributed by atoms with Crippen LogP contribution in [0.5, 0.6) is 0 Å². The van der Waals surface area contributed by atoms with Crippen LogP contribution in [0.15, 0.2) is 30.5 Å². The number of aryl methyl sites for hydroxylation is 1. The number of hydrogen-bond donors (Lipinski definition) is 2. The van der Waals surface area contributed by atoms with Crippen molar-refractivity contribution < 1.29 is 4.79 Å². The summed E-state index contributed by atoms with van der Waals surface area (Å²) < 4.78 is 1.58. The molecule has 2 aromatic rings. The number of nitrogens with two attached hydrogens (primary N) is 1. The number of rotatable bonds is 2. The maximum Gasteiger partial charge on any atom is 0.276 e. The van der Waals surface area contributed by atoms with Crippen molar-refractivity contribution in [1.29, 1.82) is 0 Å². The van der Waals surface area contributed by atoms with Crippen LogP contribution in [0.4, 0.5) is 11.4 Å². The maximum atomic E-state index is 11.9. The molecular weight excluding hydrogens is 216 g/mol. The lowest BCUT2D eigenvalue weighted by atomic mass is 10.1. The molecule has 0 aliphatic heterocycles. The Morgan fingerprint density at radius 3 is 2.82 bits per heavy atom. The zero-order valence-corrected chi connectivity index (χ0v) is 9.77. The van der Waals surface area contributed by atoms with Gasteiger partial charge in [0.1, 0.15) is 0 Å². The number of aromatic nitrogens is 2. The maximum absolute atomic E-state index is 11.9. The van der Waals surface area contributed by atoms with Crippen LogP contribution in [0.1, 0.15) is 16.1 Å². The van der Waals surface area contributed by atoms with Gasteiger partial charge in [-0.15, -0.1) is 0 Å². The summed E-state index contributed by atoms with van der Waals surface area (Å²) in [6.45, 7) is 1.86. The van der Waals surface area contributed by atoms with Crippen LogP contribution in [0.3, 0.4) is 0 Å². The van der Waals surface area contributed by atoms with E-state index >= 15 is 0 Å². The Morgan fingerprint density at radius 1 is 1.41 bits per heavy atom. The van der Waals surface area contributed by atoms with Gasteiger partial charge < -0.3 is 11.1 Å². The summed E-state index contributed by atoms with van der Waals surface area (Å²) in [7, 11) is 1.77. The second-order valence-electron chi connectivity index (χ2n) is 3.85. The molecule has 0 radical (unpaired) electrons. The average molecular weight is 230 g/mol. The van der Waals surface area contributed by atoms with Gasteiger partial charge >= 0.3 is 0 Å². The molecule has 5 heteroatoms. The number of hydrogen-bond acceptors (Lipinski definition) is 3. The number of nitrogens with zero attached hydrogens (tertiary/aromatic N) is 2. The van der Waals surface area contributed by atoms with E-state index in [0.29, 0.717) is 17.1 Å². The van der Waals surface area contributed by atoms with Gasteiger partial charge in [-0.2, -0.15) is 5.10 Å². The van der Waals surface area contributed by atoms with Crippen molar-refractivity contribution in [3.8, 4) is 0 Å². The van der Waals surface area contributed by atoms with Crippen LogP contribution in [0.25, 0.3) is 0 Å². The Morgan fingerprint density at radius 2 is 2.18 bits per heavy atom. The number of nitrogens with one attached hydrogen (secondary N) is 1. The minimum Gasteiger partial charge on any atom is -0.398 e. The third-order valence-corrected chi connectivity index (χ3v) is 2.57. The molecule has 0 unspecified atom stereocenters. The number of benzene rings is 1. The molecule has 1 amide bonds. The molecular formula is C12H14N4O. The fourth-order valence-corrected chi connectivity index (χ4v) is 1.51. The summed E-state index contributed by atoms with van der Waals surface area (Å²) in [6.07, 6.45) is 1.72. The van der Waals surface area contributed by atoms with Crippen molar-refractivity contribution in [2.45, 2.75) is 6.92 Å². The highest BCUT2D eigenvalue weighted by atomic mass is 16.1. The predicted molar refractivity (Wildman–Crippen MR) is 66.8 cm³/mol. The van der Waals surface area contributed by atoms with Gasteiger partial charge in [-0.05, 0) is 30.7 Å². The molecule has 0 atom stereocenters. The lowest BCUT2D eigenvalue weighted by Gasteiger charge is -2.08. The molecule has 0 spiro atoms. The average Bonchev–Trinajstić information content (AvgIpc) is 2.72. The van der Waals surface area contributed by atoms with E-state index in [9.17, 15) is 4.79 Å². The molecule has 0 bridgehead atoms. The highest BCUT2D eigenvalue weighted by Crippen LogP contribution is 2.20. The molecule has 0 saturated heterocycles. The first-order valence-electron chi connectivity index (χ1n) is 5.24. The first-order valence-corrected chi connectivity index (χ1v) is 5.24. The van der Waals surface area contributed by atoms with Crippen molar-refractivity contribution >= 4 is 17.3 Å². The van der Waals surface area contributed by atoms with Crippen molar-refractivity contribution in [1.82, 2.24) is 9.78 Å². The third-order valence-electron chi connectivity index (χ3n) is 2.57. The Labute approximate surface area is 99.2 Å². The van der Waals surface area contributed by atoms with Crippen LogP contribution in [0, 0.1) is 6.92 Å². The van der Waals surface area contributed by atoms with Crippen molar-refractivity contribution in [2.75, 3.05) is 11.1 Å². The second kappa shape index (κ2) is 4.29. The number of carbonyl (C=O) groups is 1. The summed E-state index contributed by atoms with van der Waals surface area (Å²) >= 11 is 0. The first kappa shape index (κ1) is 11.2. The van der Waals surface area contributed by atoms with Gasteiger partial charge in [0.05, 0.1) is 0 Å². The van der Waals surface area contributed by atoms with Gasteiger partial charge in [-0.25, -0.2) is 0 Å². The van der Waals surface area contributed by atoms with Gasteiger partial charge in [0.15, 0.2) is 5.69 Å². The molecule has 3 N–H and O–H groups in total. The van der Waals surface area contributed by atoms with Gasteiger partial charge in [0, 0.05) is 24.6 Å². The van der Waals surface area contributed by atoms with Crippen LogP contribution >= 0.6 is 0 Å². The van der Waals surface area contributed by atoms with Crippen LogP contribution < -0.4 is 11.1 Å². The standard InChI is InChI=1S/C12H14N4O/c1-8-9(13)4-3-5-10(8)14-12(17)11-6-7-16(2)15-11/h3-7H,13H2,1-2H3,(H,14,17). The van der Waals surface area contributed by atoms with E-state index in [4.69, 9.17) is 5.73 Å². The quantitative estimate of drug-likeness (QED) is 0.769. The number of anilines is 2. The SMILES string of the molecule is Cc1c(N)cccc1NC(=O)c1ccn(C)n1. The first-order chi connectivity index (χ1) is 8.08. The Kier molecular flexibility index (Phi) is 2.82. The van der Waals surface area contributed by atoms with Crippen LogP contribution in [-0.4, -0.2) is 15.7 Å². The molecule has 0 saturated carbocycles. The van der Waals surface area contributed by atoms with Gasteiger partial charge in [0.25, 0.3) is 5.91 Å². The number of carbonyl (C=O) groups excluding carboxylic acids is 1. The van der Waals surface area contributed by atoms with Gasteiger partial charge in [-0.3, -0.25) is 9.48 Å². The Bertz CT molecular complexity index is 559. The molecule has 17 heavy (non-hydrogen) atoms. The van der Waals surface area contributed by atoms with Crippen LogP contribution in [0.2, 0.25) is 0 Å². The minimum absolute atomic E-state index is 0.237. The lowest BCUT2D eigenvalue weighted by molar-refractivity contribution is 0.102. The smallest absolute Gasteiger partial charge is 0.276 e. The summed E-state index contributed by atoms with van der Waals surface area (Å²) in [5.41, 5.74) is 8.38. The third kappa shape index (κ3) is 2.28. The van der Waals surface area contributed by atoms with Crippen molar-refractivity contribution in [3.05, 3.63) is 41.7 Å². The van der Waals surface area contributed by atoms with Crippen molar-refractivity contribution in [2.24, 2.45) is 7.05 Å². The van der Waals surface area contributed by atoms with Crippen molar-refractivity contribution in [3.63, 3.8) is 0 Å². The number of nitrogen functional groups attached to an aromatic ring is 1. The summed E-state index contributed by atoms with van der Waals surface area (Å²) in [6, 6.07) is 7.08. The lowest BCUT2D eigenvalue weighted by Crippen LogP contribution is -2.14. The van der Waals surface area contributed by atoms with E-state index in [-0.39, 0.29) is 5.91 Å². The summed E-state index contributed by atoms with van der Waals surface area (Å²) in [4.78, 5) is 11.9. The van der Waals surface area contributed by atoms with E-state index in [1.54, 1.807) is 36.1 Å². The fourth-order valence-electron chi connectivity index (χ4n) is 1.51. The molecule has 0 aliphatic rings. The second-order valence-corrected chi connectivity index (χ2v) is 3.85. The van der Waals surface area contributed by atoms with E-state index in [2.05, 4.69) is 10.4 Å². The highest BCUT2D eigenvalue weighted by molar-refractivity contribution is 6.03. The topological polar surface area (TPSA) is 72.9 Å². The van der Waals surface area contributed by atoms with E-state index < -0.39 is 0 Å². The molecule has 1 aromatic heterocycles. The largest absolute Gasteiger partial charge is 0.398 e. The summed E-state index contributed by atoms with van der Waals surface area (Å²) in [5, 5.41) is 6.82. The minimum atomic E-state index is -0.237. The summed E-state index contributed by atoms with van der Waals surface area (Å²) in [5.74, 6) is -0.237. The molecule has 1 heterocycles. The van der Waals surface area contributed by atoms with Gasteiger partial charge in [0.2, 0.25) is 0 Å². The zero-order chi connectivity index (χ0) is 12.4. The fraction of sp³-hybridized carbons (Fsp3) is 0.167. The molecule has 5 nitrogen and oxygen atoms in total. The van der Waals surface area contributed by atoms with Crippen LogP contribution in [-0.2, 0) is 7.05 Å². The molecule has 0 fully saturated rings. The molecule has 0 aliphatic carbocycles. The van der Waals surface area contributed by atoms with E-state index in [1.165, 1.54) is 0 Å². The zero-order valence-electron chi connectivity index (χ0n) is 9.77. The Hall–Kier alpha value is -2.30. The normalized spacial score (nSPS) is 10.2. The molecule has 2 rings (SSSR count). The molecule has 1 aromatic carbocycles. The van der Waals surface area contributed by atoms with Gasteiger partial charge in [-0.1, -0.05) is 6.07 Å². The predicted octanol–water partition coefficient (Wildman–Crippen LogP) is 1.56.